The third kappa shape index (κ3) is 4.59. The summed E-state index contributed by atoms with van der Waals surface area (Å²) in [5.74, 6) is -0.187. The molecule has 0 saturated carbocycles. The van der Waals surface area contributed by atoms with Crippen LogP contribution in [0.15, 0.2) is 48.5 Å². The summed E-state index contributed by atoms with van der Waals surface area (Å²) in [7, 11) is 1.54. The highest BCUT2D eigenvalue weighted by atomic mass is 16.2. The number of benzene rings is 2. The fraction of sp³-hybridized carbons (Fsp3) is 0.263. The van der Waals surface area contributed by atoms with Gasteiger partial charge in [-0.3, -0.25) is 4.79 Å². The van der Waals surface area contributed by atoms with Gasteiger partial charge in [0.1, 0.15) is 0 Å². The van der Waals surface area contributed by atoms with Crippen LogP contribution in [0.2, 0.25) is 0 Å². The fourth-order valence-electron chi connectivity index (χ4n) is 2.19. The molecule has 2 rings (SSSR count). The molecule has 0 radical (unpaired) electrons. The van der Waals surface area contributed by atoms with Crippen LogP contribution in [0.3, 0.4) is 0 Å². The van der Waals surface area contributed by atoms with Gasteiger partial charge in [0.25, 0.3) is 5.91 Å². The molecule has 2 aromatic rings. The average Bonchev–Trinajstić information content (AvgIpc) is 2.54. The van der Waals surface area contributed by atoms with Gasteiger partial charge in [-0.05, 0) is 41.3 Å². The second kappa shape index (κ2) is 7.17. The van der Waals surface area contributed by atoms with E-state index in [0.29, 0.717) is 16.9 Å². The van der Waals surface area contributed by atoms with Crippen LogP contribution in [0.1, 0.15) is 36.7 Å². The SMILES string of the molecule is CNC(=O)Nc1cccc(NC(=O)c2ccc(C(C)(C)C)cc2)c1. The standard InChI is InChI=1S/C19H23N3O2/c1-19(2,3)14-10-8-13(9-11-14)17(23)21-15-6-5-7-16(12-15)22-18(24)20-4/h5-12H,1-4H3,(H,21,23)(H2,20,22,24). The normalized spacial score (nSPS) is 10.8. The van der Waals surface area contributed by atoms with E-state index in [1.807, 2.05) is 24.3 Å². The Hall–Kier alpha value is -2.82. The minimum atomic E-state index is -0.309. The highest BCUT2D eigenvalue weighted by molar-refractivity contribution is 6.04. The Kier molecular flexibility index (Phi) is 5.24. The Morgan fingerprint density at radius 1 is 0.875 bits per heavy atom. The second-order valence-electron chi connectivity index (χ2n) is 6.57. The minimum Gasteiger partial charge on any atom is -0.341 e. The molecule has 0 atom stereocenters. The van der Waals surface area contributed by atoms with Crippen molar-refractivity contribution in [1.82, 2.24) is 5.32 Å². The molecule has 0 saturated heterocycles. The Morgan fingerprint density at radius 3 is 2.00 bits per heavy atom. The van der Waals surface area contributed by atoms with E-state index < -0.39 is 0 Å². The molecule has 0 fully saturated rings. The molecule has 0 aliphatic carbocycles. The van der Waals surface area contributed by atoms with Crippen molar-refractivity contribution in [3.8, 4) is 0 Å². The monoisotopic (exact) mass is 325 g/mol. The number of carbonyl (C=O) groups is 2. The van der Waals surface area contributed by atoms with E-state index in [9.17, 15) is 9.59 Å². The number of hydrogen-bond acceptors (Lipinski definition) is 2. The summed E-state index contributed by atoms with van der Waals surface area (Å²) in [6, 6.07) is 14.3. The first-order chi connectivity index (χ1) is 11.3. The molecule has 5 heteroatoms. The first-order valence-corrected chi connectivity index (χ1v) is 7.80. The number of hydrogen-bond donors (Lipinski definition) is 3. The molecule has 5 nitrogen and oxygen atoms in total. The first kappa shape index (κ1) is 17.5. The molecule has 0 spiro atoms. The van der Waals surface area contributed by atoms with Gasteiger partial charge in [-0.25, -0.2) is 4.79 Å². The summed E-state index contributed by atoms with van der Waals surface area (Å²) < 4.78 is 0. The van der Waals surface area contributed by atoms with Crippen molar-refractivity contribution in [2.45, 2.75) is 26.2 Å². The highest BCUT2D eigenvalue weighted by Gasteiger charge is 2.14. The Bertz CT molecular complexity index is 731. The molecular formula is C19H23N3O2. The maximum Gasteiger partial charge on any atom is 0.318 e. The van der Waals surface area contributed by atoms with Crippen molar-refractivity contribution in [1.29, 1.82) is 0 Å². The molecule has 3 amide bonds. The van der Waals surface area contributed by atoms with E-state index in [1.165, 1.54) is 5.56 Å². The van der Waals surface area contributed by atoms with E-state index in [0.717, 1.165) is 0 Å². The van der Waals surface area contributed by atoms with E-state index >= 15 is 0 Å². The van der Waals surface area contributed by atoms with Gasteiger partial charge >= 0.3 is 6.03 Å². The molecule has 24 heavy (non-hydrogen) atoms. The highest BCUT2D eigenvalue weighted by Crippen LogP contribution is 2.22. The molecule has 126 valence electrons. The van der Waals surface area contributed by atoms with Crippen LogP contribution in [-0.4, -0.2) is 19.0 Å². The zero-order valence-corrected chi connectivity index (χ0v) is 14.4. The van der Waals surface area contributed by atoms with Crippen LogP contribution in [0, 0.1) is 0 Å². The molecule has 3 N–H and O–H groups in total. The predicted molar refractivity (Wildman–Crippen MR) is 97.6 cm³/mol. The van der Waals surface area contributed by atoms with E-state index in [1.54, 1.807) is 31.3 Å². The average molecular weight is 325 g/mol. The molecule has 0 bridgehead atoms. The van der Waals surface area contributed by atoms with Crippen molar-refractivity contribution in [3.05, 3.63) is 59.7 Å². The number of anilines is 2. The first-order valence-electron chi connectivity index (χ1n) is 7.80. The lowest BCUT2D eigenvalue weighted by Crippen LogP contribution is -2.24. The van der Waals surface area contributed by atoms with Gasteiger partial charge in [0, 0.05) is 24.0 Å². The van der Waals surface area contributed by atoms with Crippen LogP contribution < -0.4 is 16.0 Å². The molecule has 2 aromatic carbocycles. The smallest absolute Gasteiger partial charge is 0.318 e. The van der Waals surface area contributed by atoms with Gasteiger partial charge in [0.2, 0.25) is 0 Å². The Balaban J connectivity index is 2.09. The summed E-state index contributed by atoms with van der Waals surface area (Å²) in [6.45, 7) is 6.40. The fourth-order valence-corrected chi connectivity index (χ4v) is 2.19. The quantitative estimate of drug-likeness (QED) is 0.798. The number of urea groups is 1. The van der Waals surface area contributed by atoms with Gasteiger partial charge in [-0.15, -0.1) is 0 Å². The minimum absolute atomic E-state index is 0.0505. The van der Waals surface area contributed by atoms with Crippen LogP contribution in [0.25, 0.3) is 0 Å². The number of amides is 3. The Morgan fingerprint density at radius 2 is 1.46 bits per heavy atom. The van der Waals surface area contributed by atoms with Crippen molar-refractivity contribution >= 4 is 23.3 Å². The van der Waals surface area contributed by atoms with Gasteiger partial charge in [-0.2, -0.15) is 0 Å². The summed E-state index contributed by atoms with van der Waals surface area (Å²) in [4.78, 5) is 23.7. The molecule has 0 unspecified atom stereocenters. The van der Waals surface area contributed by atoms with E-state index in [2.05, 4.69) is 36.7 Å². The predicted octanol–water partition coefficient (Wildman–Crippen LogP) is 3.99. The lowest BCUT2D eigenvalue weighted by Gasteiger charge is -2.19. The van der Waals surface area contributed by atoms with Crippen molar-refractivity contribution in [2.24, 2.45) is 0 Å². The zero-order chi connectivity index (χ0) is 17.7. The maximum atomic E-state index is 12.4. The van der Waals surface area contributed by atoms with Crippen LogP contribution in [-0.2, 0) is 5.41 Å². The number of nitrogens with one attached hydrogen (secondary N) is 3. The van der Waals surface area contributed by atoms with E-state index in [-0.39, 0.29) is 17.4 Å². The van der Waals surface area contributed by atoms with Crippen LogP contribution in [0.4, 0.5) is 16.2 Å². The zero-order valence-electron chi connectivity index (χ0n) is 14.4. The summed E-state index contributed by atoms with van der Waals surface area (Å²) in [6.07, 6.45) is 0. The van der Waals surface area contributed by atoms with Crippen molar-refractivity contribution < 1.29 is 9.59 Å². The lowest BCUT2D eigenvalue weighted by atomic mass is 9.87. The molecule has 0 heterocycles. The summed E-state index contributed by atoms with van der Waals surface area (Å²) >= 11 is 0. The van der Waals surface area contributed by atoms with Gasteiger partial charge in [-0.1, -0.05) is 39.0 Å². The maximum absolute atomic E-state index is 12.4. The van der Waals surface area contributed by atoms with Crippen LogP contribution >= 0.6 is 0 Å². The van der Waals surface area contributed by atoms with Crippen molar-refractivity contribution in [3.63, 3.8) is 0 Å². The number of rotatable bonds is 3. The third-order valence-electron chi connectivity index (χ3n) is 3.62. The topological polar surface area (TPSA) is 70.2 Å². The lowest BCUT2D eigenvalue weighted by molar-refractivity contribution is 0.102. The second-order valence-corrected chi connectivity index (χ2v) is 6.57. The molecule has 0 aromatic heterocycles. The van der Waals surface area contributed by atoms with Gasteiger partial charge < -0.3 is 16.0 Å². The third-order valence-corrected chi connectivity index (χ3v) is 3.62. The Labute approximate surface area is 142 Å². The molecule has 0 aliphatic heterocycles. The van der Waals surface area contributed by atoms with Crippen molar-refractivity contribution in [2.75, 3.05) is 17.7 Å². The summed E-state index contributed by atoms with van der Waals surface area (Å²) in [5, 5.41) is 7.98. The molecular weight excluding hydrogens is 302 g/mol. The summed E-state index contributed by atoms with van der Waals surface area (Å²) in [5.41, 5.74) is 3.04. The largest absolute Gasteiger partial charge is 0.341 e. The van der Waals surface area contributed by atoms with Gasteiger partial charge in [0.15, 0.2) is 0 Å². The molecule has 0 aliphatic rings. The van der Waals surface area contributed by atoms with Gasteiger partial charge in [0.05, 0.1) is 0 Å². The van der Waals surface area contributed by atoms with Crippen LogP contribution in [0.5, 0.6) is 0 Å². The number of carbonyl (C=O) groups excluding carboxylic acids is 2. The van der Waals surface area contributed by atoms with E-state index in [4.69, 9.17) is 0 Å².